The lowest BCUT2D eigenvalue weighted by Gasteiger charge is -2.16. The monoisotopic (exact) mass is 326 g/mol. The van der Waals surface area contributed by atoms with E-state index >= 15 is 0 Å². The SMILES string of the molecule is CC(C)C(C)CNS(=O)(=O)c1c(CN)sc2ccccc12. The number of thiophene rings is 1. The molecule has 0 amide bonds. The van der Waals surface area contributed by atoms with Gasteiger partial charge in [0, 0.05) is 28.1 Å². The molecular formula is C15H22N2O2S2. The lowest BCUT2D eigenvalue weighted by atomic mass is 9.99. The fourth-order valence-electron chi connectivity index (χ4n) is 2.05. The zero-order valence-corrected chi connectivity index (χ0v) is 14.2. The molecule has 0 fully saturated rings. The van der Waals surface area contributed by atoms with E-state index < -0.39 is 10.0 Å². The summed E-state index contributed by atoms with van der Waals surface area (Å²) in [4.78, 5) is 1.06. The molecule has 0 radical (unpaired) electrons. The number of hydrogen-bond acceptors (Lipinski definition) is 4. The number of fused-ring (bicyclic) bond motifs is 1. The minimum Gasteiger partial charge on any atom is -0.326 e. The van der Waals surface area contributed by atoms with E-state index in [2.05, 4.69) is 18.6 Å². The molecule has 0 aliphatic rings. The van der Waals surface area contributed by atoms with Crippen molar-refractivity contribution in [2.45, 2.75) is 32.2 Å². The summed E-state index contributed by atoms with van der Waals surface area (Å²) in [6.07, 6.45) is 0. The van der Waals surface area contributed by atoms with E-state index in [-0.39, 0.29) is 12.5 Å². The Morgan fingerprint density at radius 3 is 2.52 bits per heavy atom. The van der Waals surface area contributed by atoms with Crippen molar-refractivity contribution in [2.75, 3.05) is 6.54 Å². The maximum Gasteiger partial charge on any atom is 0.242 e. The largest absolute Gasteiger partial charge is 0.326 e. The number of hydrogen-bond donors (Lipinski definition) is 2. The van der Waals surface area contributed by atoms with Gasteiger partial charge in [-0.2, -0.15) is 0 Å². The highest BCUT2D eigenvalue weighted by atomic mass is 32.2. The van der Waals surface area contributed by atoms with E-state index in [9.17, 15) is 8.42 Å². The van der Waals surface area contributed by atoms with Crippen molar-refractivity contribution in [2.24, 2.45) is 17.6 Å². The molecule has 3 N–H and O–H groups in total. The normalized spacial score (nSPS) is 14.0. The van der Waals surface area contributed by atoms with Crippen LogP contribution in [0.3, 0.4) is 0 Å². The van der Waals surface area contributed by atoms with Gasteiger partial charge in [0.1, 0.15) is 4.90 Å². The van der Waals surface area contributed by atoms with Gasteiger partial charge in [0.05, 0.1) is 0 Å². The molecular weight excluding hydrogens is 304 g/mol. The lowest BCUT2D eigenvalue weighted by molar-refractivity contribution is 0.414. The minimum absolute atomic E-state index is 0.231. The van der Waals surface area contributed by atoms with Gasteiger partial charge in [0.25, 0.3) is 0 Å². The van der Waals surface area contributed by atoms with Crippen LogP contribution in [-0.4, -0.2) is 15.0 Å². The van der Waals surface area contributed by atoms with Crippen molar-refractivity contribution in [3.05, 3.63) is 29.1 Å². The van der Waals surface area contributed by atoms with Gasteiger partial charge in [-0.3, -0.25) is 0 Å². The Hall–Kier alpha value is -0.950. The number of benzene rings is 1. The van der Waals surface area contributed by atoms with Gasteiger partial charge in [-0.15, -0.1) is 11.3 Å². The molecule has 1 unspecified atom stereocenters. The van der Waals surface area contributed by atoms with Crippen molar-refractivity contribution in [3.63, 3.8) is 0 Å². The van der Waals surface area contributed by atoms with E-state index in [0.717, 1.165) is 10.1 Å². The summed E-state index contributed by atoms with van der Waals surface area (Å²) in [6, 6.07) is 7.52. The third-order valence-electron chi connectivity index (χ3n) is 3.81. The molecule has 0 spiro atoms. The second-order valence-corrected chi connectivity index (χ2v) is 8.47. The molecule has 116 valence electrons. The Bertz CT molecular complexity index is 720. The maximum absolute atomic E-state index is 12.7. The highest BCUT2D eigenvalue weighted by Gasteiger charge is 2.24. The predicted molar refractivity (Wildman–Crippen MR) is 88.9 cm³/mol. The average Bonchev–Trinajstić information content (AvgIpc) is 2.83. The summed E-state index contributed by atoms with van der Waals surface area (Å²) in [5.74, 6) is 0.715. The van der Waals surface area contributed by atoms with Crippen molar-refractivity contribution in [3.8, 4) is 0 Å². The zero-order valence-electron chi connectivity index (χ0n) is 12.6. The summed E-state index contributed by atoms with van der Waals surface area (Å²) in [6.45, 7) is 6.89. The highest BCUT2D eigenvalue weighted by molar-refractivity contribution is 7.90. The first-order chi connectivity index (χ1) is 9.86. The Morgan fingerprint density at radius 2 is 1.90 bits per heavy atom. The molecule has 0 saturated heterocycles. The molecule has 2 rings (SSSR count). The topological polar surface area (TPSA) is 72.2 Å². The summed E-state index contributed by atoms with van der Waals surface area (Å²) >= 11 is 1.45. The van der Waals surface area contributed by atoms with E-state index in [1.165, 1.54) is 11.3 Å². The van der Waals surface area contributed by atoms with Crippen molar-refractivity contribution in [1.29, 1.82) is 0 Å². The third kappa shape index (κ3) is 3.45. The van der Waals surface area contributed by atoms with Crippen molar-refractivity contribution in [1.82, 2.24) is 4.72 Å². The van der Waals surface area contributed by atoms with Crippen LogP contribution in [0.15, 0.2) is 29.2 Å². The Morgan fingerprint density at radius 1 is 1.24 bits per heavy atom. The van der Waals surface area contributed by atoms with Gasteiger partial charge in [-0.1, -0.05) is 39.0 Å². The van der Waals surface area contributed by atoms with Gasteiger partial charge in [0.15, 0.2) is 0 Å². The highest BCUT2D eigenvalue weighted by Crippen LogP contribution is 2.34. The molecule has 1 aromatic heterocycles. The van der Waals surface area contributed by atoms with Crippen molar-refractivity contribution < 1.29 is 8.42 Å². The van der Waals surface area contributed by atoms with Crippen LogP contribution in [0.4, 0.5) is 0 Å². The van der Waals surface area contributed by atoms with Crippen LogP contribution in [0, 0.1) is 11.8 Å². The van der Waals surface area contributed by atoms with Crippen LogP contribution in [0.25, 0.3) is 10.1 Å². The summed E-state index contributed by atoms with van der Waals surface area (Å²) < 4.78 is 29.0. The molecule has 0 saturated carbocycles. The van der Waals surface area contributed by atoms with Crippen LogP contribution < -0.4 is 10.5 Å². The van der Waals surface area contributed by atoms with E-state index in [1.807, 2.05) is 31.2 Å². The number of nitrogens with one attached hydrogen (secondary N) is 1. The summed E-state index contributed by atoms with van der Waals surface area (Å²) in [5.41, 5.74) is 5.73. The third-order valence-corrected chi connectivity index (χ3v) is 6.68. The molecule has 1 atom stereocenters. The quantitative estimate of drug-likeness (QED) is 0.857. The molecule has 6 heteroatoms. The van der Waals surface area contributed by atoms with Crippen LogP contribution >= 0.6 is 11.3 Å². The molecule has 1 aromatic carbocycles. The molecule has 0 aliphatic carbocycles. The Kier molecular flexibility index (Phi) is 5.03. The van der Waals surface area contributed by atoms with Gasteiger partial charge in [-0.25, -0.2) is 13.1 Å². The van der Waals surface area contributed by atoms with E-state index in [1.54, 1.807) is 0 Å². The first-order valence-corrected chi connectivity index (χ1v) is 9.37. The maximum atomic E-state index is 12.7. The molecule has 0 aliphatic heterocycles. The second kappa shape index (κ2) is 6.44. The second-order valence-electron chi connectivity index (χ2n) is 5.63. The van der Waals surface area contributed by atoms with Crippen LogP contribution in [0.5, 0.6) is 0 Å². The average molecular weight is 326 g/mol. The molecule has 0 bridgehead atoms. The number of sulfonamides is 1. The van der Waals surface area contributed by atoms with Crippen LogP contribution in [-0.2, 0) is 16.6 Å². The first kappa shape index (κ1) is 16.4. The minimum atomic E-state index is -3.53. The number of nitrogens with two attached hydrogens (primary N) is 1. The fraction of sp³-hybridized carbons (Fsp3) is 0.467. The van der Waals surface area contributed by atoms with Gasteiger partial charge >= 0.3 is 0 Å². The molecule has 1 heterocycles. The van der Waals surface area contributed by atoms with Gasteiger partial charge < -0.3 is 5.73 Å². The van der Waals surface area contributed by atoms with E-state index in [4.69, 9.17) is 5.73 Å². The molecule has 2 aromatic rings. The zero-order chi connectivity index (χ0) is 15.6. The van der Waals surface area contributed by atoms with Gasteiger partial charge in [0.2, 0.25) is 10.0 Å². The first-order valence-electron chi connectivity index (χ1n) is 7.07. The Labute approximate surface area is 130 Å². The standard InChI is InChI=1S/C15H22N2O2S2/c1-10(2)11(3)9-17-21(18,19)15-12-6-4-5-7-13(12)20-14(15)8-16/h4-7,10-11,17H,8-9,16H2,1-3H3. The van der Waals surface area contributed by atoms with Crippen LogP contribution in [0.1, 0.15) is 25.6 Å². The lowest BCUT2D eigenvalue weighted by Crippen LogP contribution is -2.30. The van der Waals surface area contributed by atoms with E-state index in [0.29, 0.717) is 22.2 Å². The predicted octanol–water partition coefficient (Wildman–Crippen LogP) is 2.93. The fourth-order valence-corrected chi connectivity index (χ4v) is 5.02. The smallest absolute Gasteiger partial charge is 0.242 e. The molecule has 21 heavy (non-hydrogen) atoms. The summed E-state index contributed by atoms with van der Waals surface area (Å²) in [7, 11) is -3.53. The molecule has 4 nitrogen and oxygen atoms in total. The van der Waals surface area contributed by atoms with Crippen LogP contribution in [0.2, 0.25) is 0 Å². The van der Waals surface area contributed by atoms with Crippen molar-refractivity contribution >= 4 is 31.4 Å². The van der Waals surface area contributed by atoms with Gasteiger partial charge in [-0.05, 0) is 17.9 Å². The number of rotatable bonds is 6. The Balaban J connectivity index is 2.40. The summed E-state index contributed by atoms with van der Waals surface area (Å²) in [5, 5.41) is 0.757.